The number of urea groups is 1. The Morgan fingerprint density at radius 1 is 1.11 bits per heavy atom. The first-order valence-corrected chi connectivity index (χ1v) is 9.64. The number of amides is 2. The number of ether oxygens (including phenoxy) is 1. The maximum Gasteiger partial charge on any atom is 0.317 e. The van der Waals surface area contributed by atoms with Crippen molar-refractivity contribution in [3.63, 3.8) is 0 Å². The van der Waals surface area contributed by atoms with Gasteiger partial charge in [-0.25, -0.2) is 4.79 Å². The van der Waals surface area contributed by atoms with Gasteiger partial charge in [-0.15, -0.1) is 0 Å². The topological polar surface area (TPSA) is 44.8 Å². The van der Waals surface area contributed by atoms with Crippen LogP contribution in [0.1, 0.15) is 11.1 Å². The van der Waals surface area contributed by atoms with Crippen LogP contribution in [0.3, 0.4) is 0 Å². The number of hydrogen-bond donors (Lipinski definition) is 1. The van der Waals surface area contributed by atoms with E-state index in [1.165, 1.54) is 11.3 Å². The minimum atomic E-state index is -0.0326. The van der Waals surface area contributed by atoms with Gasteiger partial charge in [0.25, 0.3) is 0 Å². The highest BCUT2D eigenvalue weighted by molar-refractivity contribution is 6.31. The highest BCUT2D eigenvalue weighted by atomic mass is 35.5. The second kappa shape index (κ2) is 9.00. The lowest BCUT2D eigenvalue weighted by atomic mass is 10.2. The highest BCUT2D eigenvalue weighted by Gasteiger charge is 2.21. The van der Waals surface area contributed by atoms with Gasteiger partial charge in [0.1, 0.15) is 12.4 Å². The zero-order chi connectivity index (χ0) is 19.2. The second-order valence-electron chi connectivity index (χ2n) is 6.80. The van der Waals surface area contributed by atoms with Gasteiger partial charge >= 0.3 is 6.03 Å². The van der Waals surface area contributed by atoms with Gasteiger partial charge in [0.15, 0.2) is 0 Å². The number of halogens is 1. The predicted molar refractivity (Wildman–Crippen MR) is 110 cm³/mol. The van der Waals surface area contributed by atoms with Crippen LogP contribution in [-0.2, 0) is 0 Å². The number of aryl methyl sites for hydroxylation is 2. The van der Waals surface area contributed by atoms with Gasteiger partial charge in [0.2, 0.25) is 0 Å². The lowest BCUT2D eigenvalue weighted by Gasteiger charge is -2.36. The smallest absolute Gasteiger partial charge is 0.317 e. The molecule has 5 nitrogen and oxygen atoms in total. The van der Waals surface area contributed by atoms with E-state index in [0.717, 1.165) is 42.5 Å². The summed E-state index contributed by atoms with van der Waals surface area (Å²) in [6.45, 7) is 8.06. The fourth-order valence-electron chi connectivity index (χ4n) is 3.14. The Morgan fingerprint density at radius 2 is 1.89 bits per heavy atom. The van der Waals surface area contributed by atoms with E-state index < -0.39 is 0 Å². The fraction of sp³-hybridized carbons (Fsp3) is 0.381. The average molecular weight is 388 g/mol. The summed E-state index contributed by atoms with van der Waals surface area (Å²) in [5, 5.41) is 3.65. The third-order valence-electron chi connectivity index (χ3n) is 4.71. The van der Waals surface area contributed by atoms with Gasteiger partial charge in [0, 0.05) is 36.9 Å². The predicted octanol–water partition coefficient (Wildman–Crippen LogP) is 3.87. The molecule has 2 aromatic carbocycles. The summed E-state index contributed by atoms with van der Waals surface area (Å²) in [5.41, 5.74) is 3.45. The van der Waals surface area contributed by atoms with Crippen molar-refractivity contribution >= 4 is 23.3 Å². The number of nitrogens with zero attached hydrogens (tertiary/aromatic N) is 2. The summed E-state index contributed by atoms with van der Waals surface area (Å²) in [6.07, 6.45) is 0. The molecule has 2 amide bonds. The quantitative estimate of drug-likeness (QED) is 0.792. The standard InChI is InChI=1S/C21H26ClN3O2/c1-16-4-3-5-18(14-16)24-9-11-25(12-10-24)21(26)23-8-13-27-19-6-7-20(22)17(2)15-19/h3-7,14-15H,8-13H2,1-2H3,(H,23,26). The molecule has 1 aliphatic rings. The Labute approximate surface area is 165 Å². The largest absolute Gasteiger partial charge is 0.492 e. The summed E-state index contributed by atoms with van der Waals surface area (Å²) in [4.78, 5) is 16.5. The number of hydrogen-bond acceptors (Lipinski definition) is 3. The Kier molecular flexibility index (Phi) is 6.45. The fourth-order valence-corrected chi connectivity index (χ4v) is 3.26. The zero-order valence-corrected chi connectivity index (χ0v) is 16.6. The van der Waals surface area contributed by atoms with Crippen molar-refractivity contribution in [1.29, 1.82) is 0 Å². The van der Waals surface area contributed by atoms with Gasteiger partial charge in [-0.05, 0) is 55.3 Å². The maximum absolute atomic E-state index is 12.3. The molecular formula is C21H26ClN3O2. The summed E-state index contributed by atoms with van der Waals surface area (Å²) in [5.74, 6) is 0.762. The van der Waals surface area contributed by atoms with Gasteiger partial charge < -0.3 is 19.9 Å². The van der Waals surface area contributed by atoms with Gasteiger partial charge in [-0.1, -0.05) is 23.7 Å². The molecule has 1 N–H and O–H groups in total. The van der Waals surface area contributed by atoms with Crippen molar-refractivity contribution in [2.24, 2.45) is 0 Å². The van der Waals surface area contributed by atoms with E-state index in [2.05, 4.69) is 41.4 Å². The SMILES string of the molecule is Cc1cccc(N2CCN(C(=O)NCCOc3ccc(Cl)c(C)c3)CC2)c1. The van der Waals surface area contributed by atoms with Crippen LogP contribution in [0.15, 0.2) is 42.5 Å². The second-order valence-corrected chi connectivity index (χ2v) is 7.21. The van der Waals surface area contributed by atoms with E-state index in [1.807, 2.05) is 30.0 Å². The molecule has 27 heavy (non-hydrogen) atoms. The van der Waals surface area contributed by atoms with Gasteiger partial charge in [0.05, 0.1) is 6.54 Å². The maximum atomic E-state index is 12.3. The van der Waals surface area contributed by atoms with E-state index in [4.69, 9.17) is 16.3 Å². The first-order valence-electron chi connectivity index (χ1n) is 9.26. The molecule has 0 atom stereocenters. The third-order valence-corrected chi connectivity index (χ3v) is 5.13. The number of nitrogens with one attached hydrogen (secondary N) is 1. The number of rotatable bonds is 5. The van der Waals surface area contributed by atoms with Crippen molar-refractivity contribution < 1.29 is 9.53 Å². The first kappa shape index (κ1) is 19.4. The zero-order valence-electron chi connectivity index (χ0n) is 15.9. The lowest BCUT2D eigenvalue weighted by molar-refractivity contribution is 0.191. The molecule has 3 rings (SSSR count). The Morgan fingerprint density at radius 3 is 2.59 bits per heavy atom. The molecule has 1 heterocycles. The Balaban J connectivity index is 1.38. The van der Waals surface area contributed by atoms with Gasteiger partial charge in [-0.3, -0.25) is 0 Å². The van der Waals surface area contributed by atoms with Crippen molar-refractivity contribution in [3.05, 3.63) is 58.6 Å². The molecule has 6 heteroatoms. The van der Waals surface area contributed by atoms with Crippen LogP contribution in [0.25, 0.3) is 0 Å². The number of anilines is 1. The number of piperazine rings is 1. The molecule has 0 unspecified atom stereocenters. The summed E-state index contributed by atoms with van der Waals surface area (Å²) in [6, 6.07) is 14.0. The van der Waals surface area contributed by atoms with Crippen molar-refractivity contribution in [2.45, 2.75) is 13.8 Å². The highest BCUT2D eigenvalue weighted by Crippen LogP contribution is 2.21. The minimum Gasteiger partial charge on any atom is -0.492 e. The molecule has 0 aliphatic carbocycles. The Bertz CT molecular complexity index is 789. The molecule has 144 valence electrons. The normalized spacial score (nSPS) is 14.2. The molecule has 0 bridgehead atoms. The first-order chi connectivity index (χ1) is 13.0. The monoisotopic (exact) mass is 387 g/mol. The van der Waals surface area contributed by atoms with E-state index in [9.17, 15) is 4.79 Å². The molecule has 1 fully saturated rings. The van der Waals surface area contributed by atoms with Crippen LogP contribution < -0.4 is 15.0 Å². The molecular weight excluding hydrogens is 362 g/mol. The van der Waals surface area contributed by atoms with Crippen molar-refractivity contribution in [3.8, 4) is 5.75 Å². The van der Waals surface area contributed by atoms with Crippen molar-refractivity contribution in [1.82, 2.24) is 10.2 Å². The van der Waals surface area contributed by atoms with Crippen molar-refractivity contribution in [2.75, 3.05) is 44.2 Å². The number of benzene rings is 2. The third kappa shape index (κ3) is 5.30. The molecule has 0 spiro atoms. The molecule has 0 aromatic heterocycles. The van der Waals surface area contributed by atoms with E-state index in [-0.39, 0.29) is 6.03 Å². The number of carbonyl (C=O) groups excluding carboxylic acids is 1. The lowest BCUT2D eigenvalue weighted by Crippen LogP contribution is -2.52. The average Bonchev–Trinajstić information content (AvgIpc) is 2.68. The van der Waals surface area contributed by atoms with Crippen LogP contribution in [0.5, 0.6) is 5.75 Å². The molecule has 1 aliphatic heterocycles. The summed E-state index contributed by atoms with van der Waals surface area (Å²) >= 11 is 6.01. The Hall–Kier alpha value is -2.40. The van der Waals surface area contributed by atoms with E-state index in [1.54, 1.807) is 0 Å². The van der Waals surface area contributed by atoms with Crippen LogP contribution >= 0.6 is 11.6 Å². The van der Waals surface area contributed by atoms with Crippen LogP contribution in [-0.4, -0.2) is 50.3 Å². The molecule has 1 saturated heterocycles. The summed E-state index contributed by atoms with van der Waals surface area (Å²) in [7, 11) is 0. The molecule has 0 saturated carbocycles. The minimum absolute atomic E-state index is 0.0326. The van der Waals surface area contributed by atoms with E-state index >= 15 is 0 Å². The number of carbonyl (C=O) groups is 1. The van der Waals surface area contributed by atoms with Crippen LogP contribution in [0.4, 0.5) is 10.5 Å². The summed E-state index contributed by atoms with van der Waals surface area (Å²) < 4.78 is 5.67. The van der Waals surface area contributed by atoms with Crippen LogP contribution in [0.2, 0.25) is 5.02 Å². The van der Waals surface area contributed by atoms with Gasteiger partial charge in [-0.2, -0.15) is 0 Å². The van der Waals surface area contributed by atoms with E-state index in [0.29, 0.717) is 13.2 Å². The van der Waals surface area contributed by atoms with Crippen LogP contribution in [0, 0.1) is 13.8 Å². The molecule has 2 aromatic rings. The molecule has 0 radical (unpaired) electrons.